The van der Waals surface area contributed by atoms with E-state index in [1.807, 2.05) is 29.8 Å². The van der Waals surface area contributed by atoms with Crippen molar-refractivity contribution in [3.8, 4) is 17.0 Å². The molecule has 1 spiro atoms. The van der Waals surface area contributed by atoms with Gasteiger partial charge < -0.3 is 28.6 Å². The highest BCUT2D eigenvalue weighted by Crippen LogP contribution is 2.52. The van der Waals surface area contributed by atoms with E-state index >= 15 is 0 Å². The number of carboxylic acid groups (broad SMARTS) is 1. The lowest BCUT2D eigenvalue weighted by atomic mass is 9.61. The molecule has 2 saturated carbocycles. The second-order valence-corrected chi connectivity index (χ2v) is 11.5. The van der Waals surface area contributed by atoms with E-state index in [4.69, 9.17) is 9.26 Å². The lowest BCUT2D eigenvalue weighted by Gasteiger charge is -2.59. The average molecular weight is 568 g/mol. The van der Waals surface area contributed by atoms with Crippen LogP contribution in [0.4, 0.5) is 18.9 Å². The first kappa shape index (κ1) is 25.9. The number of hydrogen-bond acceptors (Lipinski definition) is 6. The van der Waals surface area contributed by atoms with Gasteiger partial charge in [0.2, 0.25) is 0 Å². The zero-order chi connectivity index (χ0) is 28.5. The number of para-hydroxylation sites is 1. The average Bonchev–Trinajstić information content (AvgIpc) is 3.55. The molecule has 1 saturated heterocycles. The second-order valence-electron chi connectivity index (χ2n) is 11.5. The first-order chi connectivity index (χ1) is 19.6. The third-order valence-corrected chi connectivity index (χ3v) is 8.54. The molecule has 2 aromatic heterocycles. The third kappa shape index (κ3) is 4.71. The molecule has 3 heterocycles. The Balaban J connectivity index is 1.01. The van der Waals surface area contributed by atoms with Crippen LogP contribution in [0.2, 0.25) is 0 Å². The summed E-state index contributed by atoms with van der Waals surface area (Å²) in [6.45, 7) is 2.00. The predicted octanol–water partition coefficient (Wildman–Crippen LogP) is 6.49. The van der Waals surface area contributed by atoms with Crippen LogP contribution in [0, 0.1) is 5.41 Å². The summed E-state index contributed by atoms with van der Waals surface area (Å²) >= 11 is 0. The van der Waals surface area contributed by atoms with Crippen molar-refractivity contribution < 1.29 is 37.1 Å². The summed E-state index contributed by atoms with van der Waals surface area (Å²) in [6.07, 6.45) is 0.564. The number of carbonyl (C=O) groups is 1. The van der Waals surface area contributed by atoms with Gasteiger partial charge in [0, 0.05) is 59.9 Å². The van der Waals surface area contributed by atoms with E-state index in [1.165, 1.54) is 12.1 Å². The Kier molecular flexibility index (Phi) is 5.86. The lowest BCUT2D eigenvalue weighted by molar-refractivity contribution is -0.274. The van der Waals surface area contributed by atoms with Gasteiger partial charge in [0.25, 0.3) is 0 Å². The normalized spacial score (nSPS) is 18.5. The van der Waals surface area contributed by atoms with E-state index in [9.17, 15) is 23.1 Å². The topological polar surface area (TPSA) is 90.0 Å². The number of aromatic nitrogens is 2. The van der Waals surface area contributed by atoms with Crippen LogP contribution in [0.25, 0.3) is 22.2 Å². The number of benzene rings is 2. The van der Waals surface area contributed by atoms with Crippen molar-refractivity contribution in [3.05, 3.63) is 65.5 Å². The SMILES string of the molecule is Cn1cc(C(=O)O)c2ccc(N3CC4(CC(OCc5c(-c6ccccc6OC(F)(F)F)noc5C5CC5)C4)C3)cc21. The fourth-order valence-corrected chi connectivity index (χ4v) is 6.38. The molecule has 214 valence electrons. The zero-order valence-corrected chi connectivity index (χ0v) is 22.3. The van der Waals surface area contributed by atoms with Crippen molar-refractivity contribution in [2.75, 3.05) is 18.0 Å². The van der Waals surface area contributed by atoms with Crippen molar-refractivity contribution in [3.63, 3.8) is 0 Å². The number of nitrogens with zero attached hydrogens (tertiary/aromatic N) is 3. The minimum absolute atomic E-state index is 0.0436. The number of ether oxygens (including phenoxy) is 2. The van der Waals surface area contributed by atoms with Gasteiger partial charge in [0.05, 0.1) is 23.8 Å². The largest absolute Gasteiger partial charge is 0.573 e. The number of alkyl halides is 3. The summed E-state index contributed by atoms with van der Waals surface area (Å²) in [6, 6.07) is 11.8. The van der Waals surface area contributed by atoms with Crippen LogP contribution < -0.4 is 9.64 Å². The van der Waals surface area contributed by atoms with Gasteiger partial charge in [-0.15, -0.1) is 13.2 Å². The number of fused-ring (bicyclic) bond motifs is 1. The molecule has 1 aliphatic heterocycles. The van der Waals surface area contributed by atoms with Crippen molar-refractivity contribution in [2.24, 2.45) is 12.5 Å². The van der Waals surface area contributed by atoms with Crippen LogP contribution in [0.15, 0.2) is 53.2 Å². The number of hydrogen-bond donors (Lipinski definition) is 1. The summed E-state index contributed by atoms with van der Waals surface area (Å²) in [5.74, 6) is -0.352. The van der Waals surface area contributed by atoms with Gasteiger partial charge in [-0.1, -0.05) is 17.3 Å². The molecule has 11 heteroatoms. The molecule has 4 aromatic rings. The summed E-state index contributed by atoms with van der Waals surface area (Å²) in [4.78, 5) is 13.8. The maximum absolute atomic E-state index is 13.0. The third-order valence-electron chi connectivity index (χ3n) is 8.54. The number of halogens is 3. The van der Waals surface area contributed by atoms with Gasteiger partial charge >= 0.3 is 12.3 Å². The highest BCUT2D eigenvalue weighted by atomic mass is 19.4. The van der Waals surface area contributed by atoms with Gasteiger partial charge in [-0.05, 0) is 56.0 Å². The molecule has 7 rings (SSSR count). The zero-order valence-electron chi connectivity index (χ0n) is 22.3. The number of anilines is 1. The second kappa shape index (κ2) is 9.27. The molecule has 3 aliphatic rings. The van der Waals surface area contributed by atoms with E-state index in [0.29, 0.717) is 22.6 Å². The van der Waals surface area contributed by atoms with Crippen LogP contribution in [0.5, 0.6) is 5.75 Å². The maximum Gasteiger partial charge on any atom is 0.573 e. The molecular formula is C30H28F3N3O5. The van der Waals surface area contributed by atoms with Crippen molar-refractivity contribution >= 4 is 22.6 Å². The monoisotopic (exact) mass is 567 g/mol. The Labute approximate surface area is 233 Å². The Bertz CT molecular complexity index is 1640. The van der Waals surface area contributed by atoms with E-state index < -0.39 is 12.3 Å². The molecule has 41 heavy (non-hydrogen) atoms. The Morgan fingerprint density at radius 3 is 2.63 bits per heavy atom. The van der Waals surface area contributed by atoms with Crippen LogP contribution in [0.3, 0.4) is 0 Å². The molecule has 3 fully saturated rings. The first-order valence-corrected chi connectivity index (χ1v) is 13.6. The standard InChI is InChI=1S/C30H28F3N3O5/c1-35-13-22(28(37)38)20-9-8-18(10-24(20)35)36-15-29(16-36)11-19(12-29)39-14-23-26(34-41-27(23)17-6-7-17)21-4-2-3-5-25(21)40-30(31,32)33/h2-5,8-10,13,17,19H,6-7,11-12,14-16H2,1H3,(H,37,38). The van der Waals surface area contributed by atoms with Gasteiger partial charge in [-0.25, -0.2) is 4.79 Å². The smallest absolute Gasteiger partial charge is 0.478 e. The van der Waals surface area contributed by atoms with E-state index in [0.717, 1.165) is 55.4 Å². The lowest BCUT2D eigenvalue weighted by Crippen LogP contribution is -2.64. The summed E-state index contributed by atoms with van der Waals surface area (Å²) in [5.41, 5.74) is 3.66. The van der Waals surface area contributed by atoms with Crippen LogP contribution >= 0.6 is 0 Å². The van der Waals surface area contributed by atoms with Gasteiger partial charge in [0.1, 0.15) is 17.2 Å². The highest BCUT2D eigenvalue weighted by molar-refractivity contribution is 6.04. The first-order valence-electron chi connectivity index (χ1n) is 13.6. The van der Waals surface area contributed by atoms with E-state index in [1.54, 1.807) is 18.3 Å². The molecule has 2 aromatic carbocycles. The summed E-state index contributed by atoms with van der Waals surface area (Å²) < 4.78 is 57.1. The van der Waals surface area contributed by atoms with E-state index in [2.05, 4.69) is 14.8 Å². The Hall–Kier alpha value is -3.99. The van der Waals surface area contributed by atoms with Gasteiger partial charge in [-0.2, -0.15) is 0 Å². The number of carboxylic acids is 1. The van der Waals surface area contributed by atoms with E-state index in [-0.39, 0.29) is 35.4 Å². The molecule has 8 nitrogen and oxygen atoms in total. The van der Waals surface area contributed by atoms with Crippen molar-refractivity contribution in [1.29, 1.82) is 0 Å². The minimum Gasteiger partial charge on any atom is -0.478 e. The Morgan fingerprint density at radius 2 is 1.93 bits per heavy atom. The molecule has 0 bridgehead atoms. The summed E-state index contributed by atoms with van der Waals surface area (Å²) in [7, 11) is 1.85. The molecule has 0 unspecified atom stereocenters. The maximum atomic E-state index is 13.0. The fraction of sp³-hybridized carbons (Fsp3) is 0.400. The van der Waals surface area contributed by atoms with Crippen molar-refractivity contribution in [2.45, 2.75) is 50.7 Å². The van der Waals surface area contributed by atoms with Gasteiger partial charge in [-0.3, -0.25) is 0 Å². The fourth-order valence-electron chi connectivity index (χ4n) is 6.38. The number of aryl methyl sites for hydroxylation is 1. The minimum atomic E-state index is -4.82. The molecule has 0 amide bonds. The number of rotatable bonds is 8. The number of aromatic carboxylic acids is 1. The van der Waals surface area contributed by atoms with Crippen LogP contribution in [-0.2, 0) is 18.4 Å². The van der Waals surface area contributed by atoms with Gasteiger partial charge in [0.15, 0.2) is 0 Å². The molecule has 1 N–H and O–H groups in total. The predicted molar refractivity (Wildman–Crippen MR) is 143 cm³/mol. The van der Waals surface area contributed by atoms with Crippen LogP contribution in [-0.4, -0.2) is 46.4 Å². The molecule has 2 aliphatic carbocycles. The van der Waals surface area contributed by atoms with Crippen molar-refractivity contribution in [1.82, 2.24) is 9.72 Å². The summed E-state index contributed by atoms with van der Waals surface area (Å²) in [5, 5.41) is 14.3. The molecular weight excluding hydrogens is 539 g/mol. The van der Waals surface area contributed by atoms with Crippen LogP contribution in [0.1, 0.15) is 53.3 Å². The quantitative estimate of drug-likeness (QED) is 0.260. The Morgan fingerprint density at radius 1 is 1.17 bits per heavy atom. The molecule has 0 atom stereocenters. The highest BCUT2D eigenvalue weighted by Gasteiger charge is 2.53. The molecule has 0 radical (unpaired) electrons.